The van der Waals surface area contributed by atoms with Crippen LogP contribution in [0.25, 0.3) is 11.0 Å². The first-order valence-corrected chi connectivity index (χ1v) is 7.70. The van der Waals surface area contributed by atoms with Crippen molar-refractivity contribution in [2.45, 2.75) is 59.5 Å². The Morgan fingerprint density at radius 1 is 1.20 bits per heavy atom. The Hall–Kier alpha value is -1.35. The van der Waals surface area contributed by atoms with Gasteiger partial charge in [-0.3, -0.25) is 0 Å². The highest BCUT2D eigenvalue weighted by atomic mass is 15.1. The number of nitrogens with two attached hydrogens (primary N) is 1. The van der Waals surface area contributed by atoms with Crippen LogP contribution in [0.2, 0.25) is 0 Å². The second-order valence-corrected chi connectivity index (χ2v) is 6.35. The summed E-state index contributed by atoms with van der Waals surface area (Å²) in [6.07, 6.45) is 2.01. The van der Waals surface area contributed by atoms with Gasteiger partial charge < -0.3 is 10.3 Å². The molecule has 0 aliphatic carbocycles. The van der Waals surface area contributed by atoms with E-state index in [4.69, 9.17) is 10.7 Å². The molecule has 1 atom stereocenters. The zero-order valence-corrected chi connectivity index (χ0v) is 13.4. The quantitative estimate of drug-likeness (QED) is 0.886. The molecule has 3 nitrogen and oxygen atoms in total. The molecule has 1 aromatic carbocycles. The topological polar surface area (TPSA) is 43.8 Å². The molecule has 2 rings (SSSR count). The second-order valence-electron chi connectivity index (χ2n) is 6.35. The predicted octanol–water partition coefficient (Wildman–Crippen LogP) is 4.23. The average Bonchev–Trinajstić information content (AvgIpc) is 2.76. The Balaban J connectivity index is 2.55. The maximum atomic E-state index is 6.39. The van der Waals surface area contributed by atoms with Gasteiger partial charge in [0.25, 0.3) is 0 Å². The first-order chi connectivity index (χ1) is 9.43. The minimum Gasteiger partial charge on any atom is -0.324 e. The van der Waals surface area contributed by atoms with Crippen LogP contribution in [0.5, 0.6) is 0 Å². The Morgan fingerprint density at radius 3 is 2.45 bits per heavy atom. The van der Waals surface area contributed by atoms with Crippen LogP contribution in [0.1, 0.15) is 64.5 Å². The fourth-order valence-electron chi connectivity index (χ4n) is 2.80. The number of rotatable bonds is 5. The molecule has 0 amide bonds. The minimum atomic E-state index is 0.00914. The molecule has 0 radical (unpaired) electrons. The van der Waals surface area contributed by atoms with Crippen molar-refractivity contribution in [3.63, 3.8) is 0 Å². The van der Waals surface area contributed by atoms with Crippen molar-refractivity contribution >= 4 is 11.0 Å². The Kier molecular flexibility index (Phi) is 4.48. The highest BCUT2D eigenvalue weighted by molar-refractivity contribution is 5.77. The van der Waals surface area contributed by atoms with Gasteiger partial charge in [-0.2, -0.15) is 0 Å². The van der Waals surface area contributed by atoms with E-state index in [0.29, 0.717) is 12.0 Å². The van der Waals surface area contributed by atoms with Crippen molar-refractivity contribution in [3.8, 4) is 0 Å². The van der Waals surface area contributed by atoms with Gasteiger partial charge in [0, 0.05) is 6.04 Å². The number of fused-ring (bicyclic) bond motifs is 1. The molecule has 0 saturated carbocycles. The lowest BCUT2D eigenvalue weighted by Crippen LogP contribution is -2.19. The van der Waals surface area contributed by atoms with Crippen molar-refractivity contribution < 1.29 is 0 Å². The van der Waals surface area contributed by atoms with Gasteiger partial charge in [-0.15, -0.1) is 0 Å². The van der Waals surface area contributed by atoms with Crippen LogP contribution in [-0.2, 0) is 6.42 Å². The number of imidazole rings is 1. The summed E-state index contributed by atoms with van der Waals surface area (Å²) in [5, 5.41) is 0. The lowest BCUT2D eigenvalue weighted by molar-refractivity contribution is 0.463. The van der Waals surface area contributed by atoms with Crippen LogP contribution in [0.4, 0.5) is 0 Å². The lowest BCUT2D eigenvalue weighted by Gasteiger charge is -2.18. The molecule has 20 heavy (non-hydrogen) atoms. The van der Waals surface area contributed by atoms with Crippen molar-refractivity contribution in [1.82, 2.24) is 9.55 Å². The molecule has 2 aromatic rings. The van der Waals surface area contributed by atoms with Gasteiger partial charge in [0.2, 0.25) is 0 Å². The third-order valence-corrected chi connectivity index (χ3v) is 3.76. The van der Waals surface area contributed by atoms with Gasteiger partial charge in [-0.25, -0.2) is 4.98 Å². The molecule has 0 bridgehead atoms. The van der Waals surface area contributed by atoms with Crippen LogP contribution in [0, 0.1) is 5.92 Å². The largest absolute Gasteiger partial charge is 0.324 e. The van der Waals surface area contributed by atoms with Gasteiger partial charge >= 0.3 is 0 Å². The van der Waals surface area contributed by atoms with Crippen LogP contribution in [0.15, 0.2) is 18.2 Å². The summed E-state index contributed by atoms with van der Waals surface area (Å²) in [5.41, 5.74) is 9.99. The molecule has 0 spiro atoms. The number of benzene rings is 1. The summed E-state index contributed by atoms with van der Waals surface area (Å²) >= 11 is 0. The number of hydrogen-bond donors (Lipinski definition) is 1. The van der Waals surface area contributed by atoms with E-state index < -0.39 is 0 Å². The van der Waals surface area contributed by atoms with Crippen molar-refractivity contribution in [1.29, 1.82) is 0 Å². The molecule has 3 heteroatoms. The van der Waals surface area contributed by atoms with E-state index in [1.165, 1.54) is 11.1 Å². The Labute approximate surface area is 122 Å². The number of hydrogen-bond acceptors (Lipinski definition) is 2. The number of nitrogens with zero attached hydrogens (tertiary/aromatic N) is 2. The molecule has 2 N–H and O–H groups in total. The molecule has 1 aromatic heterocycles. The molecule has 0 fully saturated rings. The van der Waals surface area contributed by atoms with E-state index in [2.05, 4.69) is 57.4 Å². The molecular formula is C17H27N3. The summed E-state index contributed by atoms with van der Waals surface area (Å²) in [4.78, 5) is 4.83. The molecular weight excluding hydrogens is 246 g/mol. The minimum absolute atomic E-state index is 0.00914. The van der Waals surface area contributed by atoms with E-state index in [-0.39, 0.29) is 6.04 Å². The lowest BCUT2D eigenvalue weighted by atomic mass is 10.0. The molecule has 1 unspecified atom stereocenters. The second kappa shape index (κ2) is 5.96. The standard InChI is InChI=1S/C17H27N3/c1-6-13-7-8-16-15(10-13)19-17(20(16)12(4)5)14(18)9-11(2)3/h7-8,10-12,14H,6,9,18H2,1-5H3. The van der Waals surface area contributed by atoms with E-state index in [1.807, 2.05) is 0 Å². The fourth-order valence-corrected chi connectivity index (χ4v) is 2.80. The maximum absolute atomic E-state index is 6.39. The summed E-state index contributed by atoms with van der Waals surface area (Å²) in [6, 6.07) is 6.96. The monoisotopic (exact) mass is 273 g/mol. The zero-order chi connectivity index (χ0) is 14.9. The first-order valence-electron chi connectivity index (χ1n) is 7.70. The van der Waals surface area contributed by atoms with Crippen LogP contribution in [0.3, 0.4) is 0 Å². The molecule has 1 heterocycles. The molecule has 0 aliphatic rings. The zero-order valence-electron chi connectivity index (χ0n) is 13.4. The van der Waals surface area contributed by atoms with Gasteiger partial charge in [-0.1, -0.05) is 26.8 Å². The van der Waals surface area contributed by atoms with Crippen molar-refractivity contribution in [3.05, 3.63) is 29.6 Å². The normalized spacial score (nSPS) is 13.6. The van der Waals surface area contributed by atoms with Gasteiger partial charge in [0.15, 0.2) is 0 Å². The van der Waals surface area contributed by atoms with E-state index in [1.54, 1.807) is 0 Å². The summed E-state index contributed by atoms with van der Waals surface area (Å²) in [7, 11) is 0. The SMILES string of the molecule is CCc1ccc2c(c1)nc(C(N)CC(C)C)n2C(C)C. The maximum Gasteiger partial charge on any atom is 0.127 e. The predicted molar refractivity (Wildman–Crippen MR) is 85.9 cm³/mol. The molecule has 0 saturated heterocycles. The number of aromatic nitrogens is 2. The Bertz CT molecular complexity index is 581. The summed E-state index contributed by atoms with van der Waals surface area (Å²) < 4.78 is 2.29. The van der Waals surface area contributed by atoms with E-state index in [0.717, 1.165) is 24.2 Å². The van der Waals surface area contributed by atoms with Gasteiger partial charge in [0.05, 0.1) is 17.1 Å². The first kappa shape index (κ1) is 15.0. The third-order valence-electron chi connectivity index (χ3n) is 3.76. The van der Waals surface area contributed by atoms with Crippen LogP contribution in [-0.4, -0.2) is 9.55 Å². The van der Waals surface area contributed by atoms with Gasteiger partial charge in [-0.05, 0) is 50.3 Å². The highest BCUT2D eigenvalue weighted by Crippen LogP contribution is 2.27. The number of aryl methyl sites for hydroxylation is 1. The summed E-state index contributed by atoms with van der Waals surface area (Å²) in [5.74, 6) is 1.61. The fraction of sp³-hybridized carbons (Fsp3) is 0.588. The van der Waals surface area contributed by atoms with E-state index in [9.17, 15) is 0 Å². The Morgan fingerprint density at radius 2 is 1.90 bits per heavy atom. The van der Waals surface area contributed by atoms with Crippen molar-refractivity contribution in [2.24, 2.45) is 11.7 Å². The smallest absolute Gasteiger partial charge is 0.127 e. The van der Waals surface area contributed by atoms with Crippen LogP contribution >= 0.6 is 0 Å². The molecule has 110 valence electrons. The van der Waals surface area contributed by atoms with Crippen molar-refractivity contribution in [2.75, 3.05) is 0 Å². The summed E-state index contributed by atoms with van der Waals surface area (Å²) in [6.45, 7) is 11.0. The highest BCUT2D eigenvalue weighted by Gasteiger charge is 2.19. The van der Waals surface area contributed by atoms with Crippen LogP contribution < -0.4 is 5.73 Å². The van der Waals surface area contributed by atoms with E-state index >= 15 is 0 Å². The van der Waals surface area contributed by atoms with Gasteiger partial charge in [0.1, 0.15) is 5.82 Å². The average molecular weight is 273 g/mol. The third kappa shape index (κ3) is 2.88. The molecule has 0 aliphatic heterocycles.